The summed E-state index contributed by atoms with van der Waals surface area (Å²) >= 11 is 0. The molecule has 8 rings (SSSR count). The second-order valence-electron chi connectivity index (χ2n) is 17.9. The summed E-state index contributed by atoms with van der Waals surface area (Å²) in [5, 5.41) is 14.5. The Morgan fingerprint density at radius 2 is 1.17 bits per heavy atom. The number of fused-ring (bicyclic) bond motifs is 2. The number of carbonyl (C=O) groups is 1. The van der Waals surface area contributed by atoms with Gasteiger partial charge in [0.15, 0.2) is 5.78 Å². The molecular formula is C57H66F2IrN2O2-2. The zero-order valence-electron chi connectivity index (χ0n) is 39.8. The predicted octanol–water partition coefficient (Wildman–Crippen LogP) is 16.1. The number of rotatable bonds is 12. The number of nitrogens with zero attached hydrogens (tertiary/aromatic N) is 2. The van der Waals surface area contributed by atoms with Crippen LogP contribution >= 0.6 is 0 Å². The van der Waals surface area contributed by atoms with Crippen molar-refractivity contribution >= 4 is 27.3 Å². The van der Waals surface area contributed by atoms with Gasteiger partial charge in [-0.25, -0.2) is 8.78 Å². The normalized spacial score (nSPS) is 15.1. The number of aliphatic hydroxyl groups is 1. The van der Waals surface area contributed by atoms with Gasteiger partial charge in [-0.05, 0) is 113 Å². The van der Waals surface area contributed by atoms with Crippen molar-refractivity contribution < 1.29 is 40.2 Å². The van der Waals surface area contributed by atoms with Gasteiger partial charge in [-0.15, -0.1) is 69.8 Å². The monoisotopic (exact) mass is 1040 g/mol. The summed E-state index contributed by atoms with van der Waals surface area (Å²) in [6.07, 6.45) is 13.0. The number of alkyl halides is 2. The fourth-order valence-electron chi connectivity index (χ4n) is 9.62. The summed E-state index contributed by atoms with van der Waals surface area (Å²) < 4.78 is 32.6. The van der Waals surface area contributed by atoms with Crippen molar-refractivity contribution in [3.05, 3.63) is 143 Å². The van der Waals surface area contributed by atoms with Crippen LogP contribution in [0.2, 0.25) is 0 Å². The maximum absolute atomic E-state index is 12.2. The van der Waals surface area contributed by atoms with Gasteiger partial charge in [-0.3, -0.25) is 4.79 Å². The first kappa shape index (κ1) is 48.9. The van der Waals surface area contributed by atoms with Gasteiger partial charge in [0.2, 0.25) is 6.43 Å². The Balaban J connectivity index is 0.000000185. The number of benzene rings is 4. The van der Waals surface area contributed by atoms with E-state index in [1.165, 1.54) is 90.0 Å². The SMILES string of the molecule is CCC(CC)C(=O)/C=C(\O)C(CC)CC(F)F.Cc1[c-]c(-c2nccc3cc(C4CCCC4)ccc23)cc(C)c1.[2H]c1cc2cc(C3CCCC3)ccc2c(-c2[c-]c(C)cc(C)c2)n1.[Ir]. The van der Waals surface area contributed by atoms with E-state index in [-0.39, 0.29) is 37.6 Å². The minimum atomic E-state index is -2.46. The zero-order chi connectivity index (χ0) is 45.9. The fourth-order valence-corrected chi connectivity index (χ4v) is 9.62. The Labute approximate surface area is 396 Å². The number of hydrogen-bond donors (Lipinski definition) is 1. The largest absolute Gasteiger partial charge is 0.512 e. The molecule has 1 N–H and O–H groups in total. The smallest absolute Gasteiger partial charge is 0.239 e. The number of hydrogen-bond acceptors (Lipinski definition) is 4. The quantitative estimate of drug-likeness (QED) is 0.0754. The first-order chi connectivity index (χ1) is 30.8. The summed E-state index contributed by atoms with van der Waals surface area (Å²) in [7, 11) is 0. The number of ketones is 1. The molecule has 2 fully saturated rings. The molecule has 2 saturated carbocycles. The van der Waals surface area contributed by atoms with Crippen molar-refractivity contribution in [1.82, 2.24) is 9.97 Å². The van der Waals surface area contributed by atoms with E-state index in [4.69, 9.17) is 1.37 Å². The Kier molecular flexibility index (Phi) is 18.4. The Hall–Kier alpha value is -4.58. The number of aryl methyl sites for hydroxylation is 4. The number of pyridine rings is 2. The number of carbonyl (C=O) groups excluding carboxylic acids is 1. The minimum Gasteiger partial charge on any atom is -0.512 e. The molecule has 2 aliphatic rings. The van der Waals surface area contributed by atoms with Crippen molar-refractivity contribution in [2.45, 2.75) is 144 Å². The van der Waals surface area contributed by atoms with Crippen LogP contribution in [0.1, 0.15) is 144 Å². The third-order valence-corrected chi connectivity index (χ3v) is 13.0. The molecule has 1 radical (unpaired) electrons. The van der Waals surface area contributed by atoms with Gasteiger partial charge in [0, 0.05) is 56.8 Å². The molecule has 0 bridgehead atoms. The maximum Gasteiger partial charge on any atom is 0.239 e. The van der Waals surface area contributed by atoms with Gasteiger partial charge in [-0.1, -0.05) is 111 Å². The summed E-state index contributed by atoms with van der Waals surface area (Å²) in [6, 6.07) is 33.1. The summed E-state index contributed by atoms with van der Waals surface area (Å²) in [5.41, 5.74) is 11.7. The second-order valence-corrected chi connectivity index (χ2v) is 17.9. The number of aromatic nitrogens is 2. The summed E-state index contributed by atoms with van der Waals surface area (Å²) in [5.74, 6) is 0.330. The average molecular weight is 1040 g/mol. The van der Waals surface area contributed by atoms with Crippen LogP contribution in [-0.2, 0) is 24.9 Å². The molecule has 1 unspecified atom stereocenters. The number of aliphatic hydroxyl groups excluding tert-OH is 1. The third-order valence-electron chi connectivity index (χ3n) is 13.0. The van der Waals surface area contributed by atoms with Gasteiger partial charge in [0.25, 0.3) is 0 Å². The van der Waals surface area contributed by atoms with Crippen LogP contribution < -0.4 is 0 Å². The van der Waals surface area contributed by atoms with Crippen LogP contribution in [0.25, 0.3) is 44.1 Å². The van der Waals surface area contributed by atoms with E-state index >= 15 is 0 Å². The molecular weight excluding hydrogens is 975 g/mol. The molecule has 341 valence electrons. The van der Waals surface area contributed by atoms with Crippen LogP contribution in [0.5, 0.6) is 0 Å². The maximum atomic E-state index is 12.2. The van der Waals surface area contributed by atoms with Crippen LogP contribution in [0, 0.1) is 51.7 Å². The standard InChI is InChI=1S/2C22H22N.C13H22F2O2.Ir/c2*1-15-11-16(2)13-20(12-15)22-21-8-7-18(17-5-3-4-6-17)14-19(21)9-10-23-22;1-4-9(5-2)11(16)8-12(17)10(6-3)7-13(14)15;/h2*7-12,14,17H,3-6H2,1-2H3;8-10,13,17H,4-7H2,1-3H3;/q2*-1;;/b;;12-8-;/i10D;;;. The van der Waals surface area contributed by atoms with Gasteiger partial charge < -0.3 is 15.1 Å². The molecule has 4 aromatic carbocycles. The van der Waals surface area contributed by atoms with E-state index in [2.05, 4.69) is 117 Å². The van der Waals surface area contributed by atoms with Gasteiger partial charge >= 0.3 is 0 Å². The molecule has 0 amide bonds. The van der Waals surface area contributed by atoms with Crippen molar-refractivity contribution in [2.75, 3.05) is 0 Å². The Morgan fingerprint density at radius 1 is 0.703 bits per heavy atom. The van der Waals surface area contributed by atoms with Crippen molar-refractivity contribution in [3.63, 3.8) is 0 Å². The van der Waals surface area contributed by atoms with E-state index in [1.54, 1.807) is 6.92 Å². The molecule has 4 nitrogen and oxygen atoms in total. The third kappa shape index (κ3) is 13.3. The van der Waals surface area contributed by atoms with E-state index in [1.807, 2.05) is 26.1 Å². The van der Waals surface area contributed by atoms with E-state index in [0.717, 1.165) is 50.8 Å². The fraction of sp³-hybridized carbons (Fsp3) is 0.421. The molecule has 2 aliphatic carbocycles. The van der Waals surface area contributed by atoms with Crippen molar-refractivity contribution in [2.24, 2.45) is 11.8 Å². The Morgan fingerprint density at radius 3 is 1.62 bits per heavy atom. The summed E-state index contributed by atoms with van der Waals surface area (Å²) in [4.78, 5) is 20.9. The average Bonchev–Trinajstić information content (AvgIpc) is 4.01. The van der Waals surface area contributed by atoms with E-state index in [0.29, 0.717) is 31.4 Å². The van der Waals surface area contributed by atoms with E-state index < -0.39 is 18.8 Å². The van der Waals surface area contributed by atoms with Gasteiger partial charge in [-0.2, -0.15) is 0 Å². The van der Waals surface area contributed by atoms with Crippen molar-refractivity contribution in [3.8, 4) is 22.5 Å². The predicted molar refractivity (Wildman–Crippen MR) is 258 cm³/mol. The van der Waals surface area contributed by atoms with Crippen LogP contribution in [0.15, 0.2) is 97.0 Å². The molecule has 6 aromatic rings. The molecule has 64 heavy (non-hydrogen) atoms. The molecule has 0 spiro atoms. The molecule has 2 aromatic heterocycles. The van der Waals surface area contributed by atoms with Crippen LogP contribution in [0.3, 0.4) is 0 Å². The molecule has 1 atom stereocenters. The molecule has 0 aliphatic heterocycles. The first-order valence-electron chi connectivity index (χ1n) is 23.8. The van der Waals surface area contributed by atoms with Gasteiger partial charge in [0.05, 0.1) is 7.13 Å². The zero-order valence-corrected chi connectivity index (χ0v) is 41.2. The second kappa shape index (κ2) is 24.1. The Bertz CT molecular complexity index is 2520. The number of allylic oxidation sites excluding steroid dienone is 2. The minimum absolute atomic E-state index is 0. The molecule has 2 heterocycles. The topological polar surface area (TPSA) is 63.1 Å². The van der Waals surface area contributed by atoms with E-state index in [9.17, 15) is 18.7 Å². The first-order valence-corrected chi connectivity index (χ1v) is 23.3. The molecule has 7 heteroatoms. The van der Waals surface area contributed by atoms with Crippen LogP contribution in [0.4, 0.5) is 8.78 Å². The summed E-state index contributed by atoms with van der Waals surface area (Å²) in [6.45, 7) is 13.9. The van der Waals surface area contributed by atoms with Gasteiger partial charge in [0.1, 0.15) is 0 Å². The van der Waals surface area contributed by atoms with Crippen LogP contribution in [-0.4, -0.2) is 27.3 Å². The van der Waals surface area contributed by atoms with Crippen molar-refractivity contribution in [1.29, 1.82) is 0 Å². The molecule has 0 saturated heterocycles. The number of halogens is 2.